The summed E-state index contributed by atoms with van der Waals surface area (Å²) in [6.45, 7) is 8.20. The third-order valence-electron chi connectivity index (χ3n) is 6.40. The van der Waals surface area contributed by atoms with Crippen LogP contribution in [0.2, 0.25) is 0 Å². The number of fused-ring (bicyclic) bond motifs is 1. The molecule has 196 valence electrons. The molecule has 2 heterocycles. The fraction of sp³-hybridized carbons (Fsp3) is 0.267. The van der Waals surface area contributed by atoms with Gasteiger partial charge in [-0.05, 0) is 81.3 Å². The Labute approximate surface area is 221 Å². The van der Waals surface area contributed by atoms with E-state index in [1.165, 1.54) is 4.90 Å². The van der Waals surface area contributed by atoms with Crippen molar-refractivity contribution in [2.24, 2.45) is 0 Å². The molecule has 0 bridgehead atoms. The van der Waals surface area contributed by atoms with E-state index in [-0.39, 0.29) is 24.2 Å². The molecule has 5 rings (SSSR count). The van der Waals surface area contributed by atoms with Crippen molar-refractivity contribution in [2.45, 2.75) is 39.8 Å². The van der Waals surface area contributed by atoms with E-state index in [0.717, 1.165) is 5.56 Å². The van der Waals surface area contributed by atoms with Crippen LogP contribution in [0.5, 0.6) is 23.0 Å². The van der Waals surface area contributed by atoms with Crippen molar-refractivity contribution < 1.29 is 33.6 Å². The van der Waals surface area contributed by atoms with Crippen molar-refractivity contribution in [3.63, 3.8) is 0 Å². The maximum absolute atomic E-state index is 13.5. The molecular weight excluding hydrogens is 486 g/mol. The number of nitrogens with zero attached hydrogens (tertiary/aromatic N) is 1. The molecule has 0 aromatic heterocycles. The number of ether oxygens (including phenoxy) is 4. The zero-order chi connectivity index (χ0) is 27.0. The number of anilines is 1. The van der Waals surface area contributed by atoms with Gasteiger partial charge in [0.15, 0.2) is 11.5 Å². The summed E-state index contributed by atoms with van der Waals surface area (Å²) in [5, 5.41) is 11.5. The minimum Gasteiger partial charge on any atom is -0.507 e. The minimum atomic E-state index is -0.877. The number of benzene rings is 3. The standard InChI is InChI=1S/C30H29NO7/c1-5-35-22-10-6-19(7-11-22)27-26(28(32)20-8-12-23(18(4)14-20)38-17(2)3)29(33)30(34)31(27)21-9-13-24-25(15-21)37-16-36-24/h6-15,17,27,32H,5,16H2,1-4H3/b28-26+. The topological polar surface area (TPSA) is 94.5 Å². The van der Waals surface area contributed by atoms with Crippen molar-refractivity contribution in [1.29, 1.82) is 0 Å². The van der Waals surface area contributed by atoms with Crippen molar-refractivity contribution >= 4 is 23.1 Å². The number of ketones is 1. The van der Waals surface area contributed by atoms with E-state index in [1.807, 2.05) is 27.7 Å². The van der Waals surface area contributed by atoms with Crippen molar-refractivity contribution in [1.82, 2.24) is 0 Å². The van der Waals surface area contributed by atoms with Gasteiger partial charge in [-0.25, -0.2) is 0 Å². The van der Waals surface area contributed by atoms with Gasteiger partial charge in [-0.3, -0.25) is 14.5 Å². The Morgan fingerprint density at radius 3 is 2.45 bits per heavy atom. The lowest BCUT2D eigenvalue weighted by atomic mass is 9.94. The van der Waals surface area contributed by atoms with E-state index in [9.17, 15) is 14.7 Å². The molecule has 3 aromatic carbocycles. The Morgan fingerprint density at radius 2 is 1.76 bits per heavy atom. The molecule has 1 saturated heterocycles. The lowest BCUT2D eigenvalue weighted by molar-refractivity contribution is -0.132. The van der Waals surface area contributed by atoms with E-state index in [2.05, 4.69) is 0 Å². The molecule has 3 aromatic rings. The van der Waals surface area contributed by atoms with E-state index in [1.54, 1.807) is 60.7 Å². The molecule has 38 heavy (non-hydrogen) atoms. The maximum atomic E-state index is 13.5. The van der Waals surface area contributed by atoms with Crippen molar-refractivity contribution in [3.05, 3.63) is 82.9 Å². The fourth-order valence-corrected chi connectivity index (χ4v) is 4.70. The first-order chi connectivity index (χ1) is 18.3. The molecule has 2 aliphatic heterocycles. The average Bonchev–Trinajstić information content (AvgIpc) is 3.47. The zero-order valence-electron chi connectivity index (χ0n) is 21.7. The summed E-state index contributed by atoms with van der Waals surface area (Å²) in [5.74, 6) is 0.589. The number of hydrogen-bond acceptors (Lipinski definition) is 7. The number of aliphatic hydroxyl groups is 1. The minimum absolute atomic E-state index is 0.00578. The van der Waals surface area contributed by atoms with Crippen LogP contribution in [0, 0.1) is 6.92 Å². The second-order valence-electron chi connectivity index (χ2n) is 9.36. The lowest BCUT2D eigenvalue weighted by Crippen LogP contribution is -2.29. The molecule has 0 radical (unpaired) electrons. The number of carbonyl (C=O) groups excluding carboxylic acids is 2. The summed E-state index contributed by atoms with van der Waals surface area (Å²) in [6, 6.07) is 16.5. The molecule has 1 unspecified atom stereocenters. The second kappa shape index (κ2) is 10.1. The molecule has 1 N–H and O–H groups in total. The highest BCUT2D eigenvalue weighted by atomic mass is 16.7. The van der Waals surface area contributed by atoms with E-state index in [4.69, 9.17) is 18.9 Å². The summed E-state index contributed by atoms with van der Waals surface area (Å²) >= 11 is 0. The predicted molar refractivity (Wildman–Crippen MR) is 142 cm³/mol. The summed E-state index contributed by atoms with van der Waals surface area (Å²) in [7, 11) is 0. The zero-order valence-corrected chi connectivity index (χ0v) is 21.7. The largest absolute Gasteiger partial charge is 0.507 e. The van der Waals surface area contributed by atoms with E-state index >= 15 is 0 Å². The molecule has 0 saturated carbocycles. The summed E-state index contributed by atoms with van der Waals surface area (Å²) in [5.41, 5.74) is 2.30. The summed E-state index contributed by atoms with van der Waals surface area (Å²) < 4.78 is 22.3. The number of rotatable bonds is 7. The van der Waals surface area contributed by atoms with Crippen molar-refractivity contribution in [2.75, 3.05) is 18.3 Å². The number of aliphatic hydroxyl groups excluding tert-OH is 1. The van der Waals surface area contributed by atoms with Crippen LogP contribution in [0.1, 0.15) is 43.5 Å². The van der Waals surface area contributed by atoms with Gasteiger partial charge in [0.2, 0.25) is 6.79 Å². The van der Waals surface area contributed by atoms with Gasteiger partial charge in [0.05, 0.1) is 24.3 Å². The van der Waals surface area contributed by atoms with Crippen LogP contribution in [-0.4, -0.2) is 36.3 Å². The maximum Gasteiger partial charge on any atom is 0.300 e. The SMILES string of the molecule is CCOc1ccc(C2/C(=C(\O)c3ccc(OC(C)C)c(C)c3)C(=O)C(=O)N2c2ccc3c(c2)OCO3)cc1. The van der Waals surface area contributed by atoms with Crippen LogP contribution in [-0.2, 0) is 9.59 Å². The normalized spacial score (nSPS) is 17.8. The number of carbonyl (C=O) groups is 2. The Morgan fingerprint density at radius 1 is 1.03 bits per heavy atom. The smallest absolute Gasteiger partial charge is 0.300 e. The highest BCUT2D eigenvalue weighted by molar-refractivity contribution is 6.51. The molecule has 8 heteroatoms. The summed E-state index contributed by atoms with van der Waals surface area (Å²) in [6.07, 6.45) is -0.0140. The first-order valence-corrected chi connectivity index (χ1v) is 12.5. The number of aryl methyl sites for hydroxylation is 1. The van der Waals surface area contributed by atoms with Gasteiger partial charge in [-0.2, -0.15) is 0 Å². The average molecular weight is 516 g/mol. The Hall–Kier alpha value is -4.46. The highest BCUT2D eigenvalue weighted by Crippen LogP contribution is 2.45. The van der Waals surface area contributed by atoms with Gasteiger partial charge >= 0.3 is 0 Å². The van der Waals surface area contributed by atoms with Crippen LogP contribution >= 0.6 is 0 Å². The van der Waals surface area contributed by atoms with E-state index in [0.29, 0.717) is 46.4 Å². The van der Waals surface area contributed by atoms with Gasteiger partial charge in [0, 0.05) is 17.3 Å². The second-order valence-corrected chi connectivity index (χ2v) is 9.36. The van der Waals surface area contributed by atoms with Crippen LogP contribution in [0.4, 0.5) is 5.69 Å². The van der Waals surface area contributed by atoms with Gasteiger partial charge in [0.1, 0.15) is 17.3 Å². The molecule has 2 aliphatic rings. The third kappa shape index (κ3) is 4.53. The predicted octanol–water partition coefficient (Wildman–Crippen LogP) is 5.54. The van der Waals surface area contributed by atoms with Gasteiger partial charge < -0.3 is 24.1 Å². The van der Waals surface area contributed by atoms with Crippen LogP contribution in [0.15, 0.2) is 66.2 Å². The van der Waals surface area contributed by atoms with Gasteiger partial charge in [0.25, 0.3) is 11.7 Å². The molecule has 0 spiro atoms. The molecular formula is C30H29NO7. The van der Waals surface area contributed by atoms with Gasteiger partial charge in [-0.15, -0.1) is 0 Å². The van der Waals surface area contributed by atoms with Crippen LogP contribution in [0.25, 0.3) is 5.76 Å². The van der Waals surface area contributed by atoms with Crippen LogP contribution < -0.4 is 23.8 Å². The Balaban J connectivity index is 1.64. The van der Waals surface area contributed by atoms with Crippen molar-refractivity contribution in [3.8, 4) is 23.0 Å². The van der Waals surface area contributed by atoms with Crippen LogP contribution in [0.3, 0.4) is 0 Å². The molecule has 8 nitrogen and oxygen atoms in total. The fourth-order valence-electron chi connectivity index (χ4n) is 4.70. The quantitative estimate of drug-likeness (QED) is 0.251. The Kier molecular flexibility index (Phi) is 6.72. The van der Waals surface area contributed by atoms with E-state index < -0.39 is 17.7 Å². The number of amides is 1. The molecule has 1 amide bonds. The third-order valence-corrected chi connectivity index (χ3v) is 6.40. The molecule has 1 atom stereocenters. The number of hydrogen-bond donors (Lipinski definition) is 1. The lowest BCUT2D eigenvalue weighted by Gasteiger charge is -2.26. The first-order valence-electron chi connectivity index (χ1n) is 12.5. The number of Topliss-reactive ketones (excluding diaryl/α,β-unsaturated/α-hetero) is 1. The monoisotopic (exact) mass is 515 g/mol. The highest BCUT2D eigenvalue weighted by Gasteiger charge is 2.47. The first kappa shape index (κ1) is 25.2. The summed E-state index contributed by atoms with van der Waals surface area (Å²) in [4.78, 5) is 28.3. The Bertz CT molecular complexity index is 1430. The van der Waals surface area contributed by atoms with Gasteiger partial charge in [-0.1, -0.05) is 12.1 Å². The molecule has 1 fully saturated rings. The molecule has 0 aliphatic carbocycles.